The van der Waals surface area contributed by atoms with E-state index in [1.54, 1.807) is 0 Å². The van der Waals surface area contributed by atoms with Gasteiger partial charge in [0.1, 0.15) is 0 Å². The van der Waals surface area contributed by atoms with Crippen molar-refractivity contribution >= 4 is 5.78 Å². The molecular formula is C36H46N2O. The van der Waals surface area contributed by atoms with Crippen molar-refractivity contribution in [1.82, 2.24) is 9.88 Å². The van der Waals surface area contributed by atoms with Crippen LogP contribution in [0.5, 0.6) is 0 Å². The first kappa shape index (κ1) is 29.0. The number of rotatable bonds is 13. The molecule has 2 heterocycles. The normalized spacial score (nSPS) is 17.7. The van der Waals surface area contributed by atoms with Crippen molar-refractivity contribution in [2.75, 3.05) is 19.6 Å². The van der Waals surface area contributed by atoms with Crippen LogP contribution in [0.25, 0.3) is 0 Å². The maximum atomic E-state index is 12.1. The van der Waals surface area contributed by atoms with Crippen LogP contribution in [-0.4, -0.2) is 35.3 Å². The number of hydrogen-bond acceptors (Lipinski definition) is 3. The molecule has 2 aliphatic rings. The van der Waals surface area contributed by atoms with Gasteiger partial charge < -0.3 is 4.90 Å². The monoisotopic (exact) mass is 522 g/mol. The molecule has 0 saturated carbocycles. The molecule has 1 fully saturated rings. The SMILES string of the molecule is C=CC(=O)c1ccc(C(C)CC(CCCCC2=CC(=C)C=C2)CN2CCC(c3cccc(C)n3)CC2)c(C)c1. The molecule has 0 bridgehead atoms. The highest BCUT2D eigenvalue weighted by Crippen LogP contribution is 2.32. The van der Waals surface area contributed by atoms with Crippen LogP contribution in [0.2, 0.25) is 0 Å². The summed E-state index contributed by atoms with van der Waals surface area (Å²) >= 11 is 0. The largest absolute Gasteiger partial charge is 0.303 e. The third kappa shape index (κ3) is 8.22. The third-order valence-electron chi connectivity index (χ3n) is 8.60. The Morgan fingerprint density at radius 3 is 2.59 bits per heavy atom. The number of unbranched alkanes of at least 4 members (excludes halogenated alkanes) is 1. The lowest BCUT2D eigenvalue weighted by atomic mass is 9.84. The summed E-state index contributed by atoms with van der Waals surface area (Å²) in [6.07, 6.45) is 16.4. The Bertz CT molecular complexity index is 1230. The van der Waals surface area contributed by atoms with Crippen LogP contribution in [0.3, 0.4) is 0 Å². The molecule has 0 N–H and O–H groups in total. The fourth-order valence-electron chi connectivity index (χ4n) is 6.44. The number of benzene rings is 1. The van der Waals surface area contributed by atoms with Gasteiger partial charge in [-0.15, -0.1) is 0 Å². The Hall–Kier alpha value is -3.04. The Kier molecular flexibility index (Phi) is 10.3. The van der Waals surface area contributed by atoms with Crippen LogP contribution in [0.15, 0.2) is 85.0 Å². The molecule has 39 heavy (non-hydrogen) atoms. The molecule has 3 heteroatoms. The number of pyridine rings is 1. The van der Waals surface area contributed by atoms with Gasteiger partial charge in [-0.05, 0) is 124 Å². The maximum Gasteiger partial charge on any atom is 0.185 e. The summed E-state index contributed by atoms with van der Waals surface area (Å²) in [6, 6.07) is 12.6. The predicted molar refractivity (Wildman–Crippen MR) is 164 cm³/mol. The minimum Gasteiger partial charge on any atom is -0.303 e. The maximum absolute atomic E-state index is 12.1. The number of piperidine rings is 1. The van der Waals surface area contributed by atoms with Crippen molar-refractivity contribution in [2.45, 2.75) is 77.6 Å². The number of likely N-dealkylation sites (tertiary alicyclic amines) is 1. The minimum atomic E-state index is -0.00440. The number of allylic oxidation sites excluding steroid dienone is 6. The van der Waals surface area contributed by atoms with E-state index in [-0.39, 0.29) is 5.78 Å². The van der Waals surface area contributed by atoms with Crippen molar-refractivity contribution in [2.24, 2.45) is 5.92 Å². The highest BCUT2D eigenvalue weighted by atomic mass is 16.1. The molecule has 1 aliphatic heterocycles. The summed E-state index contributed by atoms with van der Waals surface area (Å²) < 4.78 is 0. The number of carbonyl (C=O) groups is 1. The zero-order valence-electron chi connectivity index (χ0n) is 24.3. The van der Waals surface area contributed by atoms with Crippen molar-refractivity contribution in [3.63, 3.8) is 0 Å². The van der Waals surface area contributed by atoms with E-state index in [4.69, 9.17) is 4.98 Å². The molecule has 0 radical (unpaired) electrons. The lowest BCUT2D eigenvalue weighted by Crippen LogP contribution is -2.37. The Morgan fingerprint density at radius 2 is 1.92 bits per heavy atom. The van der Waals surface area contributed by atoms with E-state index in [9.17, 15) is 4.79 Å². The lowest BCUT2D eigenvalue weighted by Gasteiger charge is -2.35. The first-order valence-electron chi connectivity index (χ1n) is 14.8. The van der Waals surface area contributed by atoms with Crippen molar-refractivity contribution in [3.05, 3.63) is 113 Å². The van der Waals surface area contributed by atoms with E-state index in [0.29, 0.717) is 17.8 Å². The number of aryl methyl sites for hydroxylation is 2. The highest BCUT2D eigenvalue weighted by molar-refractivity contribution is 6.04. The summed E-state index contributed by atoms with van der Waals surface area (Å²) in [5, 5.41) is 0. The number of hydrogen-bond donors (Lipinski definition) is 0. The zero-order chi connectivity index (χ0) is 27.8. The van der Waals surface area contributed by atoms with E-state index >= 15 is 0 Å². The van der Waals surface area contributed by atoms with E-state index in [0.717, 1.165) is 36.3 Å². The topological polar surface area (TPSA) is 33.2 Å². The van der Waals surface area contributed by atoms with Gasteiger partial charge in [0.15, 0.2) is 5.78 Å². The van der Waals surface area contributed by atoms with Gasteiger partial charge in [0.2, 0.25) is 0 Å². The molecule has 1 saturated heterocycles. The molecule has 206 valence electrons. The van der Waals surface area contributed by atoms with Gasteiger partial charge in [-0.1, -0.05) is 62.9 Å². The van der Waals surface area contributed by atoms with Crippen molar-refractivity contribution in [3.8, 4) is 0 Å². The lowest BCUT2D eigenvalue weighted by molar-refractivity contribution is 0.104. The molecule has 0 amide bonds. The quantitative estimate of drug-likeness (QED) is 0.150. The molecule has 1 aromatic carbocycles. The smallest absolute Gasteiger partial charge is 0.185 e. The molecule has 2 atom stereocenters. The third-order valence-corrected chi connectivity index (χ3v) is 8.60. The van der Waals surface area contributed by atoms with Gasteiger partial charge in [0.25, 0.3) is 0 Å². The second kappa shape index (κ2) is 13.8. The van der Waals surface area contributed by atoms with Crippen LogP contribution in [-0.2, 0) is 0 Å². The van der Waals surface area contributed by atoms with E-state index < -0.39 is 0 Å². The minimum absolute atomic E-state index is 0.00440. The zero-order valence-corrected chi connectivity index (χ0v) is 24.3. The van der Waals surface area contributed by atoms with Gasteiger partial charge in [-0.25, -0.2) is 0 Å². The summed E-state index contributed by atoms with van der Waals surface area (Å²) in [5.74, 6) is 1.70. The Labute approximate surface area is 236 Å². The van der Waals surface area contributed by atoms with E-state index in [1.807, 2.05) is 12.1 Å². The molecule has 1 aromatic heterocycles. The van der Waals surface area contributed by atoms with Crippen molar-refractivity contribution < 1.29 is 4.79 Å². The van der Waals surface area contributed by atoms with Gasteiger partial charge >= 0.3 is 0 Å². The number of nitrogens with zero attached hydrogens (tertiary/aromatic N) is 2. The summed E-state index contributed by atoms with van der Waals surface area (Å²) in [6.45, 7) is 17.8. The first-order valence-corrected chi connectivity index (χ1v) is 14.8. The molecule has 4 rings (SSSR count). The van der Waals surface area contributed by atoms with Gasteiger partial charge in [-0.2, -0.15) is 0 Å². The molecular weight excluding hydrogens is 476 g/mol. The summed E-state index contributed by atoms with van der Waals surface area (Å²) in [4.78, 5) is 19.6. The predicted octanol–water partition coefficient (Wildman–Crippen LogP) is 8.67. The molecule has 3 nitrogen and oxygen atoms in total. The van der Waals surface area contributed by atoms with E-state index in [1.165, 1.54) is 73.5 Å². The second-order valence-corrected chi connectivity index (χ2v) is 11.8. The Morgan fingerprint density at radius 1 is 1.13 bits per heavy atom. The molecule has 2 unspecified atom stereocenters. The number of carbonyl (C=O) groups excluding carboxylic acids is 1. The number of ketones is 1. The standard InChI is InChI=1S/C36H46N2O/c1-6-36(39)33-16-17-34(28(4)24-33)27(3)23-31(12-8-7-11-30-15-14-26(2)22-30)25-38-20-18-32(19-21-38)35-13-9-10-29(5)37-35/h6,9-10,13-17,22,24,27,31-32H,1-2,7-8,11-12,18-21,23,25H2,3-5H3. The molecule has 1 aliphatic carbocycles. The summed E-state index contributed by atoms with van der Waals surface area (Å²) in [5.41, 5.74) is 8.24. The molecule has 0 spiro atoms. The first-order chi connectivity index (χ1) is 18.8. The van der Waals surface area contributed by atoms with Crippen LogP contribution in [0.4, 0.5) is 0 Å². The number of aromatic nitrogens is 1. The average Bonchev–Trinajstić information content (AvgIpc) is 3.35. The van der Waals surface area contributed by atoms with Crippen LogP contribution >= 0.6 is 0 Å². The van der Waals surface area contributed by atoms with Crippen LogP contribution < -0.4 is 0 Å². The van der Waals surface area contributed by atoms with Crippen molar-refractivity contribution in [1.29, 1.82) is 0 Å². The fourth-order valence-corrected chi connectivity index (χ4v) is 6.44. The molecule has 2 aromatic rings. The van der Waals surface area contributed by atoms with Gasteiger partial charge in [0.05, 0.1) is 0 Å². The Balaban J connectivity index is 1.37. The second-order valence-electron chi connectivity index (χ2n) is 11.8. The van der Waals surface area contributed by atoms with Gasteiger partial charge in [0, 0.05) is 29.4 Å². The van der Waals surface area contributed by atoms with Crippen LogP contribution in [0.1, 0.15) is 96.6 Å². The average molecular weight is 523 g/mol. The van der Waals surface area contributed by atoms with Crippen LogP contribution in [0, 0.1) is 19.8 Å². The fraction of sp³-hybridized carbons (Fsp3) is 0.444. The highest BCUT2D eigenvalue weighted by Gasteiger charge is 2.25. The van der Waals surface area contributed by atoms with E-state index in [2.05, 4.69) is 81.3 Å². The van der Waals surface area contributed by atoms with Gasteiger partial charge in [-0.3, -0.25) is 9.78 Å². The summed E-state index contributed by atoms with van der Waals surface area (Å²) in [7, 11) is 0.